The first-order chi connectivity index (χ1) is 18.1. The Bertz CT molecular complexity index is 1350. The van der Waals surface area contributed by atoms with Crippen molar-refractivity contribution in [3.05, 3.63) is 77.2 Å². The first-order valence-corrected chi connectivity index (χ1v) is 14.0. The number of hydrogen-bond acceptors (Lipinski definition) is 5. The standard InChI is InChI=1S/C30H33FNO5P/c1-19(2)27-28(21-12-14-23(31)15-13-21)25(11-8-16-37-38(36)18-24(33)17-26(34)35)29(20(3)4)32-30(27)22-9-6-5-7-10-22/h5-7,9-10,12-15,19-20,24,33,38H,16-18H2,1-4H3,(H,34,35)/t24-/m0/s1. The molecule has 0 aliphatic rings. The van der Waals surface area contributed by atoms with Crippen LogP contribution in [-0.4, -0.2) is 40.0 Å². The van der Waals surface area contributed by atoms with Crippen LogP contribution in [0.1, 0.15) is 62.8 Å². The van der Waals surface area contributed by atoms with Crippen molar-refractivity contribution < 1.29 is 28.5 Å². The van der Waals surface area contributed by atoms with Crippen LogP contribution < -0.4 is 0 Å². The predicted octanol–water partition coefficient (Wildman–Crippen LogP) is 6.48. The molecule has 3 aromatic rings. The first kappa shape index (κ1) is 29.3. The maximum atomic E-state index is 13.9. The van der Waals surface area contributed by atoms with Gasteiger partial charge in [-0.15, -0.1) is 0 Å². The van der Waals surface area contributed by atoms with E-state index in [1.54, 1.807) is 12.1 Å². The fraction of sp³-hybridized carbons (Fsp3) is 0.333. The maximum absolute atomic E-state index is 13.9. The van der Waals surface area contributed by atoms with Gasteiger partial charge in [0.25, 0.3) is 0 Å². The summed E-state index contributed by atoms with van der Waals surface area (Å²) in [5.41, 5.74) is 5.98. The van der Waals surface area contributed by atoms with E-state index in [1.807, 2.05) is 44.2 Å². The summed E-state index contributed by atoms with van der Waals surface area (Å²) in [5, 5.41) is 18.5. The van der Waals surface area contributed by atoms with E-state index >= 15 is 0 Å². The Hall–Kier alpha value is -3.30. The number of aliphatic hydroxyl groups is 1. The summed E-state index contributed by atoms with van der Waals surface area (Å²) in [6, 6.07) is 16.2. The summed E-state index contributed by atoms with van der Waals surface area (Å²) < 4.78 is 31.3. The van der Waals surface area contributed by atoms with Gasteiger partial charge in [0.2, 0.25) is 0 Å². The summed E-state index contributed by atoms with van der Waals surface area (Å²) in [5.74, 6) is 4.70. The van der Waals surface area contributed by atoms with Crippen LogP contribution in [0.4, 0.5) is 4.39 Å². The Morgan fingerprint density at radius 2 is 1.68 bits per heavy atom. The van der Waals surface area contributed by atoms with Gasteiger partial charge in [-0.25, -0.2) is 4.39 Å². The van der Waals surface area contributed by atoms with E-state index in [0.29, 0.717) is 5.56 Å². The van der Waals surface area contributed by atoms with Gasteiger partial charge >= 0.3 is 5.97 Å². The van der Waals surface area contributed by atoms with Crippen LogP contribution in [0, 0.1) is 17.7 Å². The van der Waals surface area contributed by atoms with Gasteiger partial charge in [-0.1, -0.05) is 82.0 Å². The third-order valence-electron chi connectivity index (χ3n) is 5.90. The second-order valence-electron chi connectivity index (χ2n) is 9.61. The van der Waals surface area contributed by atoms with Crippen LogP contribution in [0.3, 0.4) is 0 Å². The Labute approximate surface area is 223 Å². The minimum absolute atomic E-state index is 0.0217. The molecule has 3 rings (SSSR count). The molecule has 6 nitrogen and oxygen atoms in total. The Balaban J connectivity index is 2.12. The van der Waals surface area contributed by atoms with E-state index < -0.39 is 26.5 Å². The second kappa shape index (κ2) is 13.5. The molecule has 0 radical (unpaired) electrons. The lowest BCUT2D eigenvalue weighted by atomic mass is 9.84. The molecule has 0 aliphatic heterocycles. The number of rotatable bonds is 10. The monoisotopic (exact) mass is 537 g/mol. The van der Waals surface area contributed by atoms with Crippen LogP contribution in [0.2, 0.25) is 0 Å². The van der Waals surface area contributed by atoms with Gasteiger partial charge in [0.15, 0.2) is 8.03 Å². The molecule has 0 saturated heterocycles. The fourth-order valence-corrected chi connectivity index (χ4v) is 5.10. The van der Waals surface area contributed by atoms with Gasteiger partial charge in [0.1, 0.15) is 12.4 Å². The van der Waals surface area contributed by atoms with Crippen molar-refractivity contribution >= 4 is 14.0 Å². The Morgan fingerprint density at radius 3 is 2.26 bits per heavy atom. The summed E-state index contributed by atoms with van der Waals surface area (Å²) >= 11 is 0. The average molecular weight is 538 g/mol. The third kappa shape index (κ3) is 7.61. The van der Waals surface area contributed by atoms with Crippen molar-refractivity contribution in [3.63, 3.8) is 0 Å². The molecular formula is C30H33FNO5P. The molecule has 2 aromatic carbocycles. The van der Waals surface area contributed by atoms with Gasteiger partial charge in [-0.3, -0.25) is 14.3 Å². The number of pyridine rings is 1. The number of aliphatic carboxylic acids is 1. The molecule has 2 atom stereocenters. The lowest BCUT2D eigenvalue weighted by molar-refractivity contribution is -0.138. The van der Waals surface area contributed by atoms with E-state index in [0.717, 1.165) is 33.6 Å². The van der Waals surface area contributed by atoms with Crippen LogP contribution in [-0.2, 0) is 13.9 Å². The van der Waals surface area contributed by atoms with E-state index in [2.05, 4.69) is 25.7 Å². The lowest BCUT2D eigenvalue weighted by Gasteiger charge is -2.23. The van der Waals surface area contributed by atoms with Crippen LogP contribution in [0.5, 0.6) is 0 Å². The molecule has 0 aliphatic carbocycles. The van der Waals surface area contributed by atoms with Crippen LogP contribution in [0.15, 0.2) is 54.6 Å². The average Bonchev–Trinajstić information content (AvgIpc) is 2.86. The highest BCUT2D eigenvalue weighted by molar-refractivity contribution is 7.39. The molecule has 1 heterocycles. The molecule has 0 fully saturated rings. The normalized spacial score (nSPS) is 12.7. The molecule has 0 spiro atoms. The molecule has 8 heteroatoms. The molecule has 0 amide bonds. The smallest absolute Gasteiger partial charge is 0.305 e. The quantitative estimate of drug-likeness (QED) is 0.227. The van der Waals surface area contributed by atoms with Crippen molar-refractivity contribution in [1.29, 1.82) is 0 Å². The first-order valence-electron chi connectivity index (χ1n) is 12.5. The molecule has 200 valence electrons. The van der Waals surface area contributed by atoms with Crippen molar-refractivity contribution in [2.45, 2.75) is 52.1 Å². The second-order valence-corrected chi connectivity index (χ2v) is 11.1. The molecule has 1 unspecified atom stereocenters. The number of hydrogen-bond donors (Lipinski definition) is 2. The zero-order chi connectivity index (χ0) is 27.8. The van der Waals surface area contributed by atoms with Crippen molar-refractivity contribution in [2.24, 2.45) is 0 Å². The van der Waals surface area contributed by atoms with E-state index in [1.165, 1.54) is 12.1 Å². The zero-order valence-corrected chi connectivity index (χ0v) is 23.0. The van der Waals surface area contributed by atoms with Crippen LogP contribution in [0.25, 0.3) is 22.4 Å². The number of carboxylic acid groups (broad SMARTS) is 1. The van der Waals surface area contributed by atoms with Gasteiger partial charge < -0.3 is 14.7 Å². The van der Waals surface area contributed by atoms with Gasteiger partial charge in [-0.2, -0.15) is 0 Å². The highest BCUT2D eigenvalue weighted by Crippen LogP contribution is 2.41. The van der Waals surface area contributed by atoms with Crippen molar-refractivity contribution in [3.8, 4) is 34.2 Å². The summed E-state index contributed by atoms with van der Waals surface area (Å²) in [4.78, 5) is 15.8. The highest BCUT2D eigenvalue weighted by Gasteiger charge is 2.24. The Kier molecular flexibility index (Phi) is 10.4. The fourth-order valence-electron chi connectivity index (χ4n) is 4.22. The van der Waals surface area contributed by atoms with Gasteiger partial charge in [-0.05, 0) is 35.1 Å². The van der Waals surface area contributed by atoms with Gasteiger partial charge in [0, 0.05) is 17.3 Å². The van der Waals surface area contributed by atoms with E-state index in [9.17, 15) is 18.9 Å². The molecule has 38 heavy (non-hydrogen) atoms. The minimum atomic E-state index is -2.67. The topological polar surface area (TPSA) is 96.7 Å². The van der Waals surface area contributed by atoms with Crippen LogP contribution >= 0.6 is 8.03 Å². The van der Waals surface area contributed by atoms with E-state index in [-0.39, 0.29) is 30.4 Å². The third-order valence-corrected chi connectivity index (χ3v) is 7.17. The number of nitrogens with zero attached hydrogens (tertiary/aromatic N) is 1. The SMILES string of the molecule is CC(C)c1nc(-c2ccccc2)c(C(C)C)c(-c2ccc(F)cc2)c1C#CCO[PH](=O)C[C@@H](O)CC(=O)O. The van der Waals surface area contributed by atoms with Crippen molar-refractivity contribution in [1.82, 2.24) is 4.98 Å². The lowest BCUT2D eigenvalue weighted by Crippen LogP contribution is -2.15. The zero-order valence-electron chi connectivity index (χ0n) is 22.0. The molecular weight excluding hydrogens is 504 g/mol. The number of carbonyl (C=O) groups is 1. The number of halogens is 1. The molecule has 2 N–H and O–H groups in total. The van der Waals surface area contributed by atoms with E-state index in [4.69, 9.17) is 14.6 Å². The minimum Gasteiger partial charge on any atom is -0.481 e. The predicted molar refractivity (Wildman–Crippen MR) is 148 cm³/mol. The largest absolute Gasteiger partial charge is 0.481 e. The number of aliphatic hydroxyl groups excluding tert-OH is 1. The van der Waals surface area contributed by atoms with Gasteiger partial charge in [0.05, 0.1) is 29.5 Å². The number of aromatic nitrogens is 1. The molecule has 1 aromatic heterocycles. The number of carboxylic acids is 1. The molecule has 0 bridgehead atoms. The Morgan fingerprint density at radius 1 is 1.03 bits per heavy atom. The number of benzene rings is 2. The maximum Gasteiger partial charge on any atom is 0.305 e. The van der Waals surface area contributed by atoms with Crippen molar-refractivity contribution in [2.75, 3.05) is 12.8 Å². The summed E-state index contributed by atoms with van der Waals surface area (Å²) in [6.07, 6.45) is -1.99. The molecule has 0 saturated carbocycles. The summed E-state index contributed by atoms with van der Waals surface area (Å²) in [7, 11) is -2.67. The summed E-state index contributed by atoms with van der Waals surface area (Å²) in [6.45, 7) is 8.08. The highest BCUT2D eigenvalue weighted by atomic mass is 31.1.